The lowest BCUT2D eigenvalue weighted by atomic mass is 9.75. The van der Waals surface area contributed by atoms with Crippen molar-refractivity contribution in [2.45, 2.75) is 64.5 Å². The van der Waals surface area contributed by atoms with Crippen LogP contribution in [0.25, 0.3) is 11.6 Å². The Morgan fingerprint density at radius 2 is 1.98 bits per heavy atom. The van der Waals surface area contributed by atoms with Crippen molar-refractivity contribution < 1.29 is 14.3 Å². The molecular formula is C32H39N5O3. The van der Waals surface area contributed by atoms with Gasteiger partial charge in [0.15, 0.2) is 0 Å². The highest BCUT2D eigenvalue weighted by molar-refractivity contribution is 5.89. The van der Waals surface area contributed by atoms with Crippen LogP contribution >= 0.6 is 0 Å². The van der Waals surface area contributed by atoms with Gasteiger partial charge in [0.25, 0.3) is 0 Å². The largest absolute Gasteiger partial charge is 0.446 e. The van der Waals surface area contributed by atoms with Crippen molar-refractivity contribution in [3.63, 3.8) is 0 Å². The fraction of sp³-hybridized carbons (Fsp3) is 0.438. The van der Waals surface area contributed by atoms with Crippen LogP contribution in [0.4, 0.5) is 4.79 Å². The summed E-state index contributed by atoms with van der Waals surface area (Å²) in [7, 11) is 1.94. The fourth-order valence-electron chi connectivity index (χ4n) is 6.25. The van der Waals surface area contributed by atoms with Crippen LogP contribution in [0.15, 0.2) is 49.1 Å². The van der Waals surface area contributed by atoms with E-state index in [4.69, 9.17) is 9.72 Å². The molecule has 1 aliphatic heterocycles. The molecule has 2 aromatic heterocycles. The van der Waals surface area contributed by atoms with Gasteiger partial charge in [0.2, 0.25) is 6.41 Å². The monoisotopic (exact) mass is 541 g/mol. The zero-order valence-electron chi connectivity index (χ0n) is 23.8. The molecule has 1 saturated heterocycles. The van der Waals surface area contributed by atoms with E-state index in [2.05, 4.69) is 61.4 Å². The van der Waals surface area contributed by atoms with Crippen LogP contribution < -0.4 is 5.32 Å². The van der Waals surface area contributed by atoms with Gasteiger partial charge in [-0.3, -0.25) is 9.78 Å². The third-order valence-electron chi connectivity index (χ3n) is 8.47. The number of hydrogen-bond donors (Lipinski definition) is 1. The van der Waals surface area contributed by atoms with Gasteiger partial charge in [0.05, 0.1) is 30.0 Å². The first kappa shape index (κ1) is 27.6. The number of hydrogen-bond acceptors (Lipinski definition) is 5. The Morgan fingerprint density at radius 3 is 2.65 bits per heavy atom. The lowest BCUT2D eigenvalue weighted by Gasteiger charge is -2.37. The van der Waals surface area contributed by atoms with E-state index < -0.39 is 0 Å². The Labute approximate surface area is 236 Å². The summed E-state index contributed by atoms with van der Waals surface area (Å²) in [5.41, 5.74) is 7.46. The van der Waals surface area contributed by atoms with Gasteiger partial charge >= 0.3 is 6.09 Å². The molecule has 0 spiro atoms. The Bertz CT molecular complexity index is 1380. The molecule has 2 atom stereocenters. The molecular weight excluding hydrogens is 502 g/mol. The van der Waals surface area contributed by atoms with E-state index in [1.54, 1.807) is 12.5 Å². The summed E-state index contributed by atoms with van der Waals surface area (Å²) >= 11 is 0. The average molecular weight is 542 g/mol. The van der Waals surface area contributed by atoms with Crippen molar-refractivity contribution in [2.24, 2.45) is 13.0 Å². The average Bonchev–Trinajstić information content (AvgIpc) is 3.34. The predicted molar refractivity (Wildman–Crippen MR) is 155 cm³/mol. The van der Waals surface area contributed by atoms with E-state index in [0.29, 0.717) is 19.0 Å². The molecule has 8 heteroatoms. The molecule has 40 heavy (non-hydrogen) atoms. The number of aromatic nitrogens is 3. The second-order valence-electron chi connectivity index (χ2n) is 10.9. The van der Waals surface area contributed by atoms with Crippen molar-refractivity contribution in [1.82, 2.24) is 24.8 Å². The second kappa shape index (κ2) is 12.1. The number of benzene rings is 1. The standard InChI is InChI=1S/C32H39N5O3/c1-5-24(6-2)40-32(39)37-14-11-22(12-15-37)29-25-10-9-21(3)16-26(25)27(17-23-8-7-13-34-30(23)29)31(35-20-38)28-18-33-19-36(28)4/h7-10,13,16-20,22,24,29,31H,5-6,11-12,14-15H2,1-4H3,(H,35,38). The smallest absolute Gasteiger partial charge is 0.410 e. The summed E-state index contributed by atoms with van der Waals surface area (Å²) in [5, 5.41) is 3.06. The molecule has 1 fully saturated rings. The van der Waals surface area contributed by atoms with E-state index >= 15 is 0 Å². The van der Waals surface area contributed by atoms with Crippen molar-refractivity contribution in [3.8, 4) is 0 Å². The fourth-order valence-corrected chi connectivity index (χ4v) is 6.25. The van der Waals surface area contributed by atoms with E-state index in [0.717, 1.165) is 65.7 Å². The van der Waals surface area contributed by atoms with E-state index in [-0.39, 0.29) is 24.2 Å². The molecule has 0 radical (unpaired) electrons. The van der Waals surface area contributed by atoms with Gasteiger partial charge in [0, 0.05) is 32.3 Å². The van der Waals surface area contributed by atoms with Gasteiger partial charge in [-0.2, -0.15) is 0 Å². The third kappa shape index (κ3) is 5.40. The maximum absolute atomic E-state index is 12.9. The van der Waals surface area contributed by atoms with Crippen molar-refractivity contribution >= 4 is 24.2 Å². The van der Waals surface area contributed by atoms with Crippen LogP contribution in [-0.4, -0.2) is 51.1 Å². The number of rotatable bonds is 8. The number of likely N-dealkylation sites (tertiary alicyclic amines) is 1. The number of carbonyl (C=O) groups excluding carboxylic acids is 2. The molecule has 210 valence electrons. The van der Waals surface area contributed by atoms with Crippen LogP contribution in [0.1, 0.15) is 85.1 Å². The van der Waals surface area contributed by atoms with Crippen LogP contribution in [0.2, 0.25) is 0 Å². The minimum absolute atomic E-state index is 0.0323. The minimum Gasteiger partial charge on any atom is -0.446 e. The topological polar surface area (TPSA) is 89.4 Å². The Hall–Kier alpha value is -3.94. The minimum atomic E-state index is -0.376. The number of piperidine rings is 1. The van der Waals surface area contributed by atoms with Crippen LogP contribution in [-0.2, 0) is 16.6 Å². The van der Waals surface area contributed by atoms with E-state index in [9.17, 15) is 9.59 Å². The molecule has 2 aliphatic rings. The first-order valence-corrected chi connectivity index (χ1v) is 14.3. The van der Waals surface area contributed by atoms with Gasteiger partial charge in [-0.05, 0) is 72.9 Å². The van der Waals surface area contributed by atoms with Crippen LogP contribution in [0, 0.1) is 12.8 Å². The Balaban J connectivity index is 1.53. The number of fused-ring (bicyclic) bond motifs is 2. The quantitative estimate of drug-likeness (QED) is 0.373. The number of aryl methyl sites for hydroxylation is 2. The highest BCUT2D eigenvalue weighted by Gasteiger charge is 2.37. The molecule has 3 aromatic rings. The van der Waals surface area contributed by atoms with Gasteiger partial charge in [0.1, 0.15) is 6.10 Å². The molecule has 0 bridgehead atoms. The zero-order chi connectivity index (χ0) is 28.2. The molecule has 5 rings (SSSR count). The Kier molecular flexibility index (Phi) is 8.33. The van der Waals surface area contributed by atoms with Gasteiger partial charge in [-0.1, -0.05) is 43.7 Å². The van der Waals surface area contributed by atoms with Gasteiger partial charge < -0.3 is 19.5 Å². The number of ether oxygens (including phenoxy) is 1. The number of amides is 2. The van der Waals surface area contributed by atoms with E-state index in [1.165, 1.54) is 5.56 Å². The lowest BCUT2D eigenvalue weighted by molar-refractivity contribution is -0.109. The molecule has 1 aliphatic carbocycles. The molecule has 0 saturated carbocycles. The van der Waals surface area contributed by atoms with Crippen LogP contribution in [0.3, 0.4) is 0 Å². The number of nitrogens with zero attached hydrogens (tertiary/aromatic N) is 4. The van der Waals surface area contributed by atoms with Crippen molar-refractivity contribution in [2.75, 3.05) is 13.1 Å². The molecule has 8 nitrogen and oxygen atoms in total. The van der Waals surface area contributed by atoms with Gasteiger partial charge in [-0.25, -0.2) is 9.78 Å². The number of pyridine rings is 1. The first-order valence-electron chi connectivity index (χ1n) is 14.3. The summed E-state index contributed by atoms with van der Waals surface area (Å²) in [4.78, 5) is 35.8. The number of carbonyl (C=O) groups is 2. The summed E-state index contributed by atoms with van der Waals surface area (Å²) < 4.78 is 7.69. The van der Waals surface area contributed by atoms with Crippen molar-refractivity contribution in [3.05, 3.63) is 82.7 Å². The third-order valence-corrected chi connectivity index (χ3v) is 8.47. The molecule has 1 aromatic carbocycles. The van der Waals surface area contributed by atoms with E-state index in [1.807, 2.05) is 28.8 Å². The SMILES string of the molecule is CCC(CC)OC(=O)N1CCC(C2c3ccc(C)cc3C(C(NC=O)c3cncn3C)=Cc3cccnc32)CC1. The van der Waals surface area contributed by atoms with Gasteiger partial charge in [-0.15, -0.1) is 0 Å². The highest BCUT2D eigenvalue weighted by Crippen LogP contribution is 2.47. The summed E-state index contributed by atoms with van der Waals surface area (Å²) in [6, 6.07) is 10.3. The number of nitrogens with one attached hydrogen (secondary N) is 1. The highest BCUT2D eigenvalue weighted by atomic mass is 16.6. The predicted octanol–water partition coefficient (Wildman–Crippen LogP) is 5.63. The maximum atomic E-state index is 12.9. The summed E-state index contributed by atoms with van der Waals surface area (Å²) in [6.45, 7) is 7.52. The first-order chi connectivity index (χ1) is 19.4. The maximum Gasteiger partial charge on any atom is 0.410 e. The molecule has 2 amide bonds. The zero-order valence-corrected chi connectivity index (χ0v) is 23.8. The molecule has 2 unspecified atom stereocenters. The van der Waals surface area contributed by atoms with Crippen molar-refractivity contribution in [1.29, 1.82) is 0 Å². The molecule has 3 heterocycles. The lowest BCUT2D eigenvalue weighted by Crippen LogP contribution is -2.41. The van der Waals surface area contributed by atoms with Crippen LogP contribution in [0.5, 0.6) is 0 Å². The summed E-state index contributed by atoms with van der Waals surface area (Å²) in [6.07, 6.45) is 11.5. The number of imidazole rings is 1. The molecule has 1 N–H and O–H groups in total. The Morgan fingerprint density at radius 1 is 1.20 bits per heavy atom. The summed E-state index contributed by atoms with van der Waals surface area (Å²) in [5.74, 6) is 0.357. The second-order valence-corrected chi connectivity index (χ2v) is 10.9. The normalized spacial score (nSPS) is 17.9.